The number of hydrogen-bond acceptors (Lipinski definition) is 2. The molecule has 0 bridgehead atoms. The van der Waals surface area contributed by atoms with E-state index in [1.54, 1.807) is 24.8 Å². The van der Waals surface area contributed by atoms with Crippen LogP contribution in [0.1, 0.15) is 35.3 Å². The fourth-order valence-corrected chi connectivity index (χ4v) is 3.34. The number of hydrogen-bond donors (Lipinski definition) is 1. The molecule has 1 nitrogen and oxygen atoms in total. The van der Waals surface area contributed by atoms with E-state index in [9.17, 15) is 9.50 Å². The maximum atomic E-state index is 13.3. The van der Waals surface area contributed by atoms with Crippen LogP contribution in [0.25, 0.3) is 0 Å². The maximum Gasteiger partial charge on any atom is 0.123 e. The monoisotopic (exact) mass is 290 g/mol. The minimum atomic E-state index is -0.660. The summed E-state index contributed by atoms with van der Waals surface area (Å²) in [5, 5.41) is 9.73. The van der Waals surface area contributed by atoms with Crippen LogP contribution in [0.15, 0.2) is 41.3 Å². The minimum Gasteiger partial charge on any atom is -0.389 e. The Bertz CT molecular complexity index is 588. The van der Waals surface area contributed by atoms with E-state index in [1.807, 2.05) is 0 Å². The van der Waals surface area contributed by atoms with Crippen LogP contribution in [-0.4, -0.2) is 5.11 Å². The van der Waals surface area contributed by atoms with E-state index in [0.29, 0.717) is 5.56 Å². The summed E-state index contributed by atoms with van der Waals surface area (Å²) in [6.07, 6.45) is -0.660. The maximum absolute atomic E-state index is 13.3. The van der Waals surface area contributed by atoms with Crippen LogP contribution in [0.5, 0.6) is 0 Å². The van der Waals surface area contributed by atoms with Gasteiger partial charge in [-0.3, -0.25) is 0 Å². The average molecular weight is 290 g/mol. The number of halogens is 1. The van der Waals surface area contributed by atoms with Crippen LogP contribution < -0.4 is 0 Å². The predicted octanol–water partition coefficient (Wildman–Crippen LogP) is 4.79. The molecule has 106 valence electrons. The first-order valence-corrected chi connectivity index (χ1v) is 7.62. The van der Waals surface area contributed by atoms with Crippen LogP contribution in [0, 0.1) is 19.7 Å². The molecule has 2 aromatic carbocycles. The third-order valence-electron chi connectivity index (χ3n) is 3.10. The summed E-state index contributed by atoms with van der Waals surface area (Å²) in [4.78, 5) is 0.931. The molecule has 0 unspecified atom stereocenters. The molecular weight excluding hydrogens is 271 g/mol. The van der Waals surface area contributed by atoms with E-state index in [4.69, 9.17) is 0 Å². The molecule has 0 amide bonds. The summed E-state index contributed by atoms with van der Waals surface area (Å²) in [6, 6.07) is 11.1. The molecule has 0 radical (unpaired) electrons. The van der Waals surface area contributed by atoms with Crippen molar-refractivity contribution in [1.29, 1.82) is 0 Å². The summed E-state index contributed by atoms with van der Waals surface area (Å²) in [5.74, 6) is 0.505. The predicted molar refractivity (Wildman–Crippen MR) is 82.5 cm³/mol. The quantitative estimate of drug-likeness (QED) is 0.817. The largest absolute Gasteiger partial charge is 0.389 e. The molecule has 0 heterocycles. The summed E-state index contributed by atoms with van der Waals surface area (Å²) < 4.78 is 13.3. The summed E-state index contributed by atoms with van der Waals surface area (Å²) in [6.45, 7) is 5.83. The van der Waals surface area contributed by atoms with Gasteiger partial charge in [-0.15, -0.1) is 11.8 Å². The molecule has 20 heavy (non-hydrogen) atoms. The molecule has 0 saturated carbocycles. The van der Waals surface area contributed by atoms with Crippen molar-refractivity contribution in [2.75, 3.05) is 0 Å². The Hall–Kier alpha value is -1.32. The van der Waals surface area contributed by atoms with Crippen molar-refractivity contribution in [3.8, 4) is 0 Å². The molecule has 0 aliphatic heterocycles. The lowest BCUT2D eigenvalue weighted by Gasteiger charge is -2.12. The van der Waals surface area contributed by atoms with Crippen molar-refractivity contribution in [1.82, 2.24) is 0 Å². The highest BCUT2D eigenvalue weighted by Gasteiger charge is 2.10. The van der Waals surface area contributed by atoms with Gasteiger partial charge >= 0.3 is 0 Å². The molecule has 0 aliphatic rings. The molecule has 0 saturated heterocycles. The van der Waals surface area contributed by atoms with Gasteiger partial charge in [-0.25, -0.2) is 4.39 Å². The van der Waals surface area contributed by atoms with Gasteiger partial charge in [-0.2, -0.15) is 0 Å². The van der Waals surface area contributed by atoms with Gasteiger partial charge in [0.15, 0.2) is 0 Å². The van der Waals surface area contributed by atoms with Gasteiger partial charge in [0.2, 0.25) is 0 Å². The van der Waals surface area contributed by atoms with Crippen molar-refractivity contribution < 1.29 is 9.50 Å². The smallest absolute Gasteiger partial charge is 0.123 e. The van der Waals surface area contributed by atoms with E-state index in [0.717, 1.165) is 10.6 Å². The molecule has 2 aromatic rings. The fraction of sp³-hybridized carbons (Fsp3) is 0.294. The fourth-order valence-electron chi connectivity index (χ4n) is 2.29. The highest BCUT2D eigenvalue weighted by Crippen LogP contribution is 2.31. The van der Waals surface area contributed by atoms with Crippen molar-refractivity contribution in [2.24, 2.45) is 0 Å². The number of aliphatic hydroxyl groups excluding tert-OH is 1. The standard InChI is InChI=1S/C17H19FOS/c1-11-6-12(2)8-14(7-11)10-20-17-5-4-15(18)9-16(17)13(3)19/h4-9,13,19H,10H2,1-3H3/t13-/m1/s1. The molecule has 1 atom stereocenters. The van der Waals surface area contributed by atoms with E-state index < -0.39 is 6.10 Å². The van der Waals surface area contributed by atoms with Crippen LogP contribution in [0.4, 0.5) is 4.39 Å². The van der Waals surface area contributed by atoms with Crippen molar-refractivity contribution in [2.45, 2.75) is 37.5 Å². The van der Waals surface area contributed by atoms with E-state index in [2.05, 4.69) is 32.0 Å². The molecular formula is C17H19FOS. The van der Waals surface area contributed by atoms with Crippen molar-refractivity contribution >= 4 is 11.8 Å². The Morgan fingerprint density at radius 3 is 2.35 bits per heavy atom. The molecule has 0 spiro atoms. The SMILES string of the molecule is Cc1cc(C)cc(CSc2ccc(F)cc2[C@@H](C)O)c1. The normalized spacial score (nSPS) is 12.4. The zero-order valence-electron chi connectivity index (χ0n) is 12.0. The summed E-state index contributed by atoms with van der Waals surface area (Å²) >= 11 is 1.63. The second-order valence-electron chi connectivity index (χ2n) is 5.14. The van der Waals surface area contributed by atoms with Gasteiger partial charge < -0.3 is 5.11 Å². The summed E-state index contributed by atoms with van der Waals surface area (Å²) in [7, 11) is 0. The highest BCUT2D eigenvalue weighted by molar-refractivity contribution is 7.98. The number of aliphatic hydroxyl groups is 1. The molecule has 2 rings (SSSR count). The zero-order valence-corrected chi connectivity index (χ0v) is 12.8. The highest BCUT2D eigenvalue weighted by atomic mass is 32.2. The van der Waals surface area contributed by atoms with E-state index in [1.165, 1.54) is 28.8 Å². The Balaban J connectivity index is 2.18. The molecule has 0 aliphatic carbocycles. The van der Waals surface area contributed by atoms with Gasteiger partial charge in [0.25, 0.3) is 0 Å². The molecule has 3 heteroatoms. The van der Waals surface area contributed by atoms with Crippen LogP contribution >= 0.6 is 11.8 Å². The molecule has 1 N–H and O–H groups in total. The van der Waals surface area contributed by atoms with Gasteiger partial charge in [-0.05, 0) is 50.1 Å². The van der Waals surface area contributed by atoms with Gasteiger partial charge in [0.1, 0.15) is 5.82 Å². The lowest BCUT2D eigenvalue weighted by Crippen LogP contribution is -1.96. The van der Waals surface area contributed by atoms with Gasteiger partial charge in [0, 0.05) is 10.6 Å². The molecule has 0 aromatic heterocycles. The summed E-state index contributed by atoms with van der Waals surface area (Å²) in [5.41, 5.74) is 4.39. The zero-order chi connectivity index (χ0) is 14.7. The average Bonchev–Trinajstić information content (AvgIpc) is 2.36. The minimum absolute atomic E-state index is 0.309. The number of benzene rings is 2. The van der Waals surface area contributed by atoms with Crippen LogP contribution in [0.3, 0.4) is 0 Å². The second-order valence-corrected chi connectivity index (χ2v) is 6.16. The third kappa shape index (κ3) is 3.84. The number of aryl methyl sites for hydroxylation is 2. The Morgan fingerprint density at radius 2 is 1.75 bits per heavy atom. The van der Waals surface area contributed by atoms with Crippen molar-refractivity contribution in [3.05, 3.63) is 64.5 Å². The Labute approximate surface area is 123 Å². The van der Waals surface area contributed by atoms with E-state index in [-0.39, 0.29) is 5.82 Å². The molecule has 0 fully saturated rings. The lowest BCUT2D eigenvalue weighted by molar-refractivity contribution is 0.196. The van der Waals surface area contributed by atoms with Crippen LogP contribution in [0.2, 0.25) is 0 Å². The van der Waals surface area contributed by atoms with Crippen molar-refractivity contribution in [3.63, 3.8) is 0 Å². The number of rotatable bonds is 4. The Kier molecular flexibility index (Phi) is 4.84. The first kappa shape index (κ1) is 15.1. The topological polar surface area (TPSA) is 20.2 Å². The Morgan fingerprint density at radius 1 is 1.10 bits per heavy atom. The first-order chi connectivity index (χ1) is 9.45. The van der Waals surface area contributed by atoms with Crippen LogP contribution in [-0.2, 0) is 5.75 Å². The van der Waals surface area contributed by atoms with E-state index >= 15 is 0 Å². The first-order valence-electron chi connectivity index (χ1n) is 6.63. The second kappa shape index (κ2) is 6.42. The lowest BCUT2D eigenvalue weighted by atomic mass is 10.1. The van der Waals surface area contributed by atoms with Gasteiger partial charge in [-0.1, -0.05) is 29.3 Å². The third-order valence-corrected chi connectivity index (χ3v) is 4.26. The van der Waals surface area contributed by atoms with Gasteiger partial charge in [0.05, 0.1) is 6.10 Å². The number of thioether (sulfide) groups is 1.